The Morgan fingerprint density at radius 2 is 0.442 bits per heavy atom. The molecular formula is C76H148O17P2. The van der Waals surface area contributed by atoms with Gasteiger partial charge in [0.2, 0.25) is 0 Å². The molecule has 5 atom stereocenters. The normalized spacial score (nSPS) is 14.1. The van der Waals surface area contributed by atoms with Crippen LogP contribution in [0.1, 0.15) is 383 Å². The molecule has 0 saturated heterocycles. The number of aliphatic hydroxyl groups is 1. The SMILES string of the molecule is CC(C)CCCCCCCCCCCCCCCCCCC(=O)O[C@H](COC(=O)CCCCCCCCC(C)C)COP(=O)(O)OCC(O)COP(=O)(O)OC[C@@H](COC(=O)CCCCCCCCCC(C)C)OC(=O)CCCCCCCCCCCCCCCCC(C)C. The Kier molecular flexibility index (Phi) is 64.0. The van der Waals surface area contributed by atoms with Crippen LogP contribution in [0, 0.1) is 23.7 Å². The first-order valence-corrected chi connectivity index (χ1v) is 42.2. The zero-order valence-corrected chi connectivity index (χ0v) is 64.1. The molecule has 0 bridgehead atoms. The number of carbonyl (C=O) groups excluding carboxylic acids is 4. The van der Waals surface area contributed by atoms with E-state index in [-0.39, 0.29) is 25.7 Å². The summed E-state index contributed by atoms with van der Waals surface area (Å²) < 4.78 is 68.5. The third-order valence-corrected chi connectivity index (χ3v) is 19.5. The van der Waals surface area contributed by atoms with Gasteiger partial charge in [-0.2, -0.15) is 0 Å². The number of carbonyl (C=O) groups is 4. The van der Waals surface area contributed by atoms with Gasteiger partial charge in [0.25, 0.3) is 0 Å². The number of phosphoric ester groups is 2. The molecule has 0 amide bonds. The second-order valence-corrected chi connectivity index (χ2v) is 32.2. The third kappa shape index (κ3) is 70.3. The van der Waals surface area contributed by atoms with Gasteiger partial charge in [0.05, 0.1) is 26.4 Å². The molecule has 0 heterocycles. The zero-order chi connectivity index (χ0) is 70.3. The Labute approximate surface area is 581 Å². The molecule has 3 unspecified atom stereocenters. The molecule has 0 aromatic heterocycles. The Morgan fingerprint density at radius 3 is 0.653 bits per heavy atom. The van der Waals surface area contributed by atoms with Gasteiger partial charge in [0.15, 0.2) is 12.2 Å². The molecule has 17 nitrogen and oxygen atoms in total. The quantitative estimate of drug-likeness (QED) is 0.0222. The average Bonchev–Trinajstić information content (AvgIpc) is 1.67. The number of unbranched alkanes of at least 4 members (excludes halogenated alkanes) is 39. The van der Waals surface area contributed by atoms with Crippen LogP contribution in [-0.2, 0) is 65.4 Å². The topological polar surface area (TPSA) is 237 Å². The Morgan fingerprint density at radius 1 is 0.263 bits per heavy atom. The number of phosphoric acid groups is 2. The second kappa shape index (κ2) is 65.4. The Bertz CT molecular complexity index is 1870. The van der Waals surface area contributed by atoms with Crippen molar-refractivity contribution in [1.29, 1.82) is 0 Å². The predicted octanol–water partition coefficient (Wildman–Crippen LogP) is 22.0. The highest BCUT2D eigenvalue weighted by atomic mass is 31.2. The van der Waals surface area contributed by atoms with Gasteiger partial charge in [0.1, 0.15) is 19.3 Å². The van der Waals surface area contributed by atoms with E-state index in [2.05, 4.69) is 55.4 Å². The molecule has 19 heteroatoms. The number of esters is 4. The van der Waals surface area contributed by atoms with Gasteiger partial charge < -0.3 is 33.8 Å². The van der Waals surface area contributed by atoms with Gasteiger partial charge in [-0.15, -0.1) is 0 Å². The number of hydrogen-bond donors (Lipinski definition) is 3. The lowest BCUT2D eigenvalue weighted by atomic mass is 10.0. The van der Waals surface area contributed by atoms with E-state index >= 15 is 0 Å². The molecule has 0 aliphatic heterocycles. The monoisotopic (exact) mass is 1400 g/mol. The van der Waals surface area contributed by atoms with Crippen molar-refractivity contribution in [2.75, 3.05) is 39.6 Å². The lowest BCUT2D eigenvalue weighted by Gasteiger charge is -2.21. The molecule has 0 aliphatic rings. The maximum atomic E-state index is 13.1. The molecule has 0 aromatic carbocycles. The van der Waals surface area contributed by atoms with E-state index in [4.69, 9.17) is 37.0 Å². The van der Waals surface area contributed by atoms with Crippen LogP contribution >= 0.6 is 15.6 Å². The fourth-order valence-corrected chi connectivity index (χ4v) is 13.1. The van der Waals surface area contributed by atoms with Gasteiger partial charge >= 0.3 is 39.5 Å². The van der Waals surface area contributed by atoms with Crippen LogP contribution < -0.4 is 0 Å². The zero-order valence-electron chi connectivity index (χ0n) is 62.3. The van der Waals surface area contributed by atoms with Gasteiger partial charge in [-0.05, 0) is 49.4 Å². The van der Waals surface area contributed by atoms with Gasteiger partial charge in [0, 0.05) is 25.7 Å². The van der Waals surface area contributed by atoms with Crippen LogP contribution in [0.2, 0.25) is 0 Å². The van der Waals surface area contributed by atoms with Gasteiger partial charge in [-0.1, -0.05) is 331 Å². The third-order valence-electron chi connectivity index (χ3n) is 17.6. The Hall–Kier alpha value is -1.94. The summed E-state index contributed by atoms with van der Waals surface area (Å²) in [5, 5.41) is 10.6. The summed E-state index contributed by atoms with van der Waals surface area (Å²) in [4.78, 5) is 72.7. The van der Waals surface area contributed by atoms with Crippen molar-refractivity contribution in [2.45, 2.75) is 401 Å². The number of aliphatic hydroxyl groups excluding tert-OH is 1. The number of hydrogen-bond acceptors (Lipinski definition) is 15. The summed E-state index contributed by atoms with van der Waals surface area (Å²) >= 11 is 0. The summed E-state index contributed by atoms with van der Waals surface area (Å²) in [5.74, 6) is 0.865. The summed E-state index contributed by atoms with van der Waals surface area (Å²) in [5.41, 5.74) is 0. The van der Waals surface area contributed by atoms with E-state index in [9.17, 15) is 43.2 Å². The molecule has 95 heavy (non-hydrogen) atoms. The molecule has 0 aliphatic carbocycles. The minimum Gasteiger partial charge on any atom is -0.462 e. The predicted molar refractivity (Wildman–Crippen MR) is 386 cm³/mol. The molecule has 564 valence electrons. The lowest BCUT2D eigenvalue weighted by Crippen LogP contribution is -2.30. The van der Waals surface area contributed by atoms with Crippen molar-refractivity contribution in [3.05, 3.63) is 0 Å². The number of ether oxygens (including phenoxy) is 4. The maximum absolute atomic E-state index is 13.1. The van der Waals surface area contributed by atoms with Crippen LogP contribution in [0.5, 0.6) is 0 Å². The lowest BCUT2D eigenvalue weighted by molar-refractivity contribution is -0.161. The van der Waals surface area contributed by atoms with Crippen molar-refractivity contribution in [1.82, 2.24) is 0 Å². The smallest absolute Gasteiger partial charge is 0.462 e. The second-order valence-electron chi connectivity index (χ2n) is 29.3. The fraction of sp³-hybridized carbons (Fsp3) is 0.947. The van der Waals surface area contributed by atoms with Crippen molar-refractivity contribution < 1.29 is 80.2 Å². The minimum absolute atomic E-state index is 0.106. The van der Waals surface area contributed by atoms with Crippen LogP contribution in [0.15, 0.2) is 0 Å². The molecule has 0 radical (unpaired) electrons. The fourth-order valence-electron chi connectivity index (χ4n) is 11.6. The summed E-state index contributed by atoms with van der Waals surface area (Å²) in [6.45, 7) is 14.1. The van der Waals surface area contributed by atoms with Crippen LogP contribution in [0.3, 0.4) is 0 Å². The van der Waals surface area contributed by atoms with Crippen LogP contribution in [0.25, 0.3) is 0 Å². The highest BCUT2D eigenvalue weighted by Gasteiger charge is 2.30. The van der Waals surface area contributed by atoms with Gasteiger partial charge in [-0.3, -0.25) is 37.3 Å². The summed E-state index contributed by atoms with van der Waals surface area (Å²) in [7, 11) is -9.91. The van der Waals surface area contributed by atoms with Crippen molar-refractivity contribution in [3.8, 4) is 0 Å². The molecule has 3 N–H and O–H groups in total. The minimum atomic E-state index is -4.96. The molecule has 0 saturated carbocycles. The van der Waals surface area contributed by atoms with Crippen molar-refractivity contribution in [2.24, 2.45) is 23.7 Å². The molecular weight excluding hydrogens is 1250 g/mol. The van der Waals surface area contributed by atoms with Gasteiger partial charge in [-0.25, -0.2) is 9.13 Å². The number of rotatable bonds is 73. The molecule has 0 rings (SSSR count). The Balaban J connectivity index is 5.18. The van der Waals surface area contributed by atoms with E-state index in [1.165, 1.54) is 173 Å². The first-order chi connectivity index (χ1) is 45.6. The van der Waals surface area contributed by atoms with E-state index < -0.39 is 97.5 Å². The molecule has 0 fully saturated rings. The standard InChI is InChI=1S/C76H148O17P2/c1-66(2)52-44-36-28-23-19-15-11-9-10-12-17-21-25-31-42-50-59-76(81)93-72(63-87-74(79)57-49-41-35-34-39-47-55-69(7)8)65-91-95(84,85)89-61-70(77)60-88-94(82,83)90-64-71(62-86-73(78)56-48-40-33-27-30-38-46-54-68(5)6)92-75(80)58-51-43-32-26-22-18-14-13-16-20-24-29-37-45-53-67(3)4/h66-72,77H,9-65H2,1-8H3,(H,82,83)(H,84,85)/t70?,71-,72-/m1/s1. The molecule has 0 aromatic rings. The van der Waals surface area contributed by atoms with Crippen molar-refractivity contribution in [3.63, 3.8) is 0 Å². The highest BCUT2D eigenvalue weighted by molar-refractivity contribution is 7.47. The van der Waals surface area contributed by atoms with E-state index in [0.717, 1.165) is 115 Å². The maximum Gasteiger partial charge on any atom is 0.472 e. The highest BCUT2D eigenvalue weighted by Crippen LogP contribution is 2.45. The van der Waals surface area contributed by atoms with E-state index in [0.29, 0.717) is 37.5 Å². The van der Waals surface area contributed by atoms with E-state index in [1.807, 2.05) is 0 Å². The van der Waals surface area contributed by atoms with Crippen LogP contribution in [-0.4, -0.2) is 96.7 Å². The van der Waals surface area contributed by atoms with E-state index in [1.54, 1.807) is 0 Å². The first kappa shape index (κ1) is 93.1. The summed E-state index contributed by atoms with van der Waals surface area (Å²) in [6.07, 6.45) is 50.3. The van der Waals surface area contributed by atoms with Crippen LogP contribution in [0.4, 0.5) is 0 Å². The van der Waals surface area contributed by atoms with Crippen molar-refractivity contribution >= 4 is 39.5 Å². The summed E-state index contributed by atoms with van der Waals surface area (Å²) in [6, 6.07) is 0. The average molecular weight is 1400 g/mol. The molecule has 0 spiro atoms. The first-order valence-electron chi connectivity index (χ1n) is 39.2. The largest absolute Gasteiger partial charge is 0.472 e.